The van der Waals surface area contributed by atoms with Crippen LogP contribution in [0.4, 0.5) is 5.69 Å². The Kier molecular flexibility index (Phi) is 6.80. The molecular formula is C17H21Cl2N5O3. The zero-order chi connectivity index (χ0) is 17.4. The summed E-state index contributed by atoms with van der Waals surface area (Å²) in [6, 6.07) is 5.07. The van der Waals surface area contributed by atoms with Gasteiger partial charge in [0, 0.05) is 42.7 Å². The van der Waals surface area contributed by atoms with Gasteiger partial charge >= 0.3 is 0 Å². The molecule has 27 heavy (non-hydrogen) atoms. The van der Waals surface area contributed by atoms with Gasteiger partial charge in [0.25, 0.3) is 11.6 Å². The molecule has 0 aliphatic carbocycles. The normalized spacial score (nSPS) is 21.0. The summed E-state index contributed by atoms with van der Waals surface area (Å²) in [7, 11) is 0. The van der Waals surface area contributed by atoms with Crippen LogP contribution in [0.2, 0.25) is 0 Å². The number of aromatic nitrogens is 2. The number of amides is 1. The van der Waals surface area contributed by atoms with Crippen LogP contribution in [0.5, 0.6) is 0 Å². The molecule has 1 aromatic carbocycles. The van der Waals surface area contributed by atoms with Gasteiger partial charge in [0.2, 0.25) is 0 Å². The van der Waals surface area contributed by atoms with E-state index in [4.69, 9.17) is 0 Å². The Labute approximate surface area is 168 Å². The molecule has 2 fully saturated rings. The molecule has 1 N–H and O–H groups in total. The fourth-order valence-corrected chi connectivity index (χ4v) is 3.89. The van der Waals surface area contributed by atoms with E-state index in [1.807, 2.05) is 4.90 Å². The summed E-state index contributed by atoms with van der Waals surface area (Å²) in [5.41, 5.74) is 0.679. The molecule has 2 aromatic rings. The van der Waals surface area contributed by atoms with Crippen LogP contribution in [-0.4, -0.2) is 50.5 Å². The van der Waals surface area contributed by atoms with Crippen molar-refractivity contribution in [2.75, 3.05) is 13.1 Å². The van der Waals surface area contributed by atoms with Crippen LogP contribution in [0.25, 0.3) is 5.69 Å². The molecule has 146 valence electrons. The first-order valence-corrected chi connectivity index (χ1v) is 8.45. The molecule has 4 rings (SSSR count). The van der Waals surface area contributed by atoms with Crippen LogP contribution in [0, 0.1) is 10.1 Å². The van der Waals surface area contributed by atoms with Crippen LogP contribution >= 0.6 is 24.8 Å². The number of hydrogen-bond acceptors (Lipinski definition) is 5. The number of imidazole rings is 1. The van der Waals surface area contributed by atoms with E-state index in [-0.39, 0.29) is 48.5 Å². The lowest BCUT2D eigenvalue weighted by atomic mass is 10.1. The monoisotopic (exact) mass is 413 g/mol. The van der Waals surface area contributed by atoms with E-state index in [9.17, 15) is 14.9 Å². The fourth-order valence-electron chi connectivity index (χ4n) is 3.89. The molecule has 2 aliphatic heterocycles. The van der Waals surface area contributed by atoms with Crippen molar-refractivity contribution >= 4 is 36.4 Å². The molecule has 10 heteroatoms. The van der Waals surface area contributed by atoms with Gasteiger partial charge in [-0.2, -0.15) is 0 Å². The minimum atomic E-state index is -0.454. The second kappa shape index (κ2) is 8.69. The van der Waals surface area contributed by atoms with E-state index in [1.54, 1.807) is 29.1 Å². The molecule has 0 radical (unpaired) electrons. The van der Waals surface area contributed by atoms with E-state index < -0.39 is 4.92 Å². The lowest BCUT2D eigenvalue weighted by Gasteiger charge is -2.28. The highest BCUT2D eigenvalue weighted by molar-refractivity contribution is 5.96. The second-order valence-corrected chi connectivity index (χ2v) is 6.52. The predicted molar refractivity (Wildman–Crippen MR) is 105 cm³/mol. The number of carbonyl (C=O) groups is 1. The topological polar surface area (TPSA) is 93.3 Å². The minimum Gasteiger partial charge on any atom is -0.331 e. The summed E-state index contributed by atoms with van der Waals surface area (Å²) < 4.78 is 1.58. The number of halogens is 2. The van der Waals surface area contributed by atoms with Crippen LogP contribution in [0.15, 0.2) is 36.9 Å². The maximum atomic E-state index is 13.0. The fraction of sp³-hybridized carbons (Fsp3) is 0.412. The van der Waals surface area contributed by atoms with E-state index in [0.29, 0.717) is 11.3 Å². The highest BCUT2D eigenvalue weighted by Crippen LogP contribution is 2.31. The third kappa shape index (κ3) is 3.92. The third-order valence-corrected chi connectivity index (χ3v) is 5.09. The molecule has 3 heterocycles. The molecular weight excluding hydrogens is 393 g/mol. The molecule has 0 saturated carbocycles. The first-order valence-electron chi connectivity index (χ1n) is 8.45. The number of nitro groups is 1. The molecule has 2 bridgehead atoms. The number of rotatable bonds is 3. The van der Waals surface area contributed by atoms with Crippen molar-refractivity contribution in [3.05, 3.63) is 52.6 Å². The first-order chi connectivity index (χ1) is 12.1. The summed E-state index contributed by atoms with van der Waals surface area (Å²) in [6.07, 6.45) is 7.63. The number of carbonyl (C=O) groups excluding carboxylic acids is 1. The van der Waals surface area contributed by atoms with Crippen molar-refractivity contribution in [2.45, 2.75) is 31.3 Å². The Morgan fingerprint density at radius 1 is 1.22 bits per heavy atom. The number of benzene rings is 1. The molecule has 8 nitrogen and oxygen atoms in total. The number of nitrogens with one attached hydrogen (secondary N) is 1. The highest BCUT2D eigenvalue weighted by Gasteiger charge is 2.38. The first kappa shape index (κ1) is 21.1. The van der Waals surface area contributed by atoms with Crippen molar-refractivity contribution in [2.24, 2.45) is 0 Å². The molecule has 2 aliphatic rings. The lowest BCUT2D eigenvalue weighted by molar-refractivity contribution is -0.384. The lowest BCUT2D eigenvalue weighted by Crippen LogP contribution is -2.42. The summed E-state index contributed by atoms with van der Waals surface area (Å²) in [4.78, 5) is 29.9. The van der Waals surface area contributed by atoms with Crippen molar-refractivity contribution in [3.8, 4) is 5.69 Å². The Morgan fingerprint density at radius 2 is 2.00 bits per heavy atom. The van der Waals surface area contributed by atoms with E-state index >= 15 is 0 Å². The van der Waals surface area contributed by atoms with E-state index in [0.717, 1.165) is 32.4 Å². The summed E-state index contributed by atoms with van der Waals surface area (Å²) >= 11 is 0. The van der Waals surface area contributed by atoms with Crippen molar-refractivity contribution in [1.29, 1.82) is 0 Å². The van der Waals surface area contributed by atoms with Crippen molar-refractivity contribution in [3.63, 3.8) is 0 Å². The number of nitro benzene ring substituents is 1. The average Bonchev–Trinajstić information content (AvgIpc) is 3.21. The SMILES string of the molecule is Cl.Cl.O=C(c1ccc(-n2ccnc2)c([N+](=O)[O-])c1)N1C2CCNCC1CC2. The van der Waals surface area contributed by atoms with Gasteiger partial charge < -0.3 is 14.8 Å². The summed E-state index contributed by atoms with van der Waals surface area (Å²) in [6.45, 7) is 1.70. The van der Waals surface area contributed by atoms with Gasteiger partial charge in [-0.25, -0.2) is 4.98 Å². The Bertz CT molecular complexity index is 801. The van der Waals surface area contributed by atoms with Crippen LogP contribution < -0.4 is 5.32 Å². The highest BCUT2D eigenvalue weighted by atomic mass is 35.5. The summed E-state index contributed by atoms with van der Waals surface area (Å²) in [5, 5.41) is 14.9. The average molecular weight is 414 g/mol. The van der Waals surface area contributed by atoms with Gasteiger partial charge in [0.1, 0.15) is 5.69 Å². The Morgan fingerprint density at radius 3 is 2.70 bits per heavy atom. The van der Waals surface area contributed by atoms with Gasteiger partial charge in [-0.3, -0.25) is 14.9 Å². The van der Waals surface area contributed by atoms with E-state index in [2.05, 4.69) is 10.3 Å². The smallest absolute Gasteiger partial charge is 0.294 e. The standard InChI is InChI=1S/C17H19N5O3.2ClH/c23-17(21-13-2-3-14(21)10-18-6-5-13)12-1-4-15(16(9-12)22(24)25)20-8-7-19-11-20;;/h1,4,7-9,11,13-14,18H,2-3,5-6,10H2;2*1H. The maximum absolute atomic E-state index is 13.0. The molecule has 1 amide bonds. The largest absolute Gasteiger partial charge is 0.331 e. The van der Waals surface area contributed by atoms with Gasteiger partial charge in [-0.15, -0.1) is 24.8 Å². The second-order valence-electron chi connectivity index (χ2n) is 6.52. The Hall–Kier alpha value is -2.16. The minimum absolute atomic E-state index is 0. The van der Waals surface area contributed by atoms with Gasteiger partial charge in [-0.1, -0.05) is 0 Å². The third-order valence-electron chi connectivity index (χ3n) is 5.09. The predicted octanol–water partition coefficient (Wildman–Crippen LogP) is 2.59. The van der Waals surface area contributed by atoms with Gasteiger partial charge in [0.05, 0.1) is 11.3 Å². The number of nitrogens with zero attached hydrogens (tertiary/aromatic N) is 4. The van der Waals surface area contributed by atoms with E-state index in [1.165, 1.54) is 12.4 Å². The summed E-state index contributed by atoms with van der Waals surface area (Å²) in [5.74, 6) is -0.114. The molecule has 2 atom stereocenters. The molecule has 0 spiro atoms. The van der Waals surface area contributed by atoms with Crippen molar-refractivity contribution in [1.82, 2.24) is 19.8 Å². The number of hydrogen-bond donors (Lipinski definition) is 1. The molecule has 2 unspecified atom stereocenters. The molecule has 1 aromatic heterocycles. The van der Waals surface area contributed by atoms with Crippen LogP contribution in [-0.2, 0) is 0 Å². The number of fused-ring (bicyclic) bond motifs is 2. The van der Waals surface area contributed by atoms with Crippen molar-refractivity contribution < 1.29 is 9.72 Å². The quantitative estimate of drug-likeness (QED) is 0.616. The zero-order valence-electron chi connectivity index (χ0n) is 14.5. The van der Waals surface area contributed by atoms with Gasteiger partial charge in [0.15, 0.2) is 0 Å². The van der Waals surface area contributed by atoms with Crippen LogP contribution in [0.1, 0.15) is 29.6 Å². The Balaban J connectivity index is 0.00000131. The van der Waals surface area contributed by atoms with Crippen LogP contribution in [0.3, 0.4) is 0 Å². The zero-order valence-corrected chi connectivity index (χ0v) is 16.1. The molecule has 2 saturated heterocycles. The maximum Gasteiger partial charge on any atom is 0.294 e. The van der Waals surface area contributed by atoms with Gasteiger partial charge in [-0.05, 0) is 37.9 Å².